The molecule has 2 heteroatoms. The van der Waals surface area contributed by atoms with Gasteiger partial charge in [0, 0.05) is 13.2 Å². The first-order chi connectivity index (χ1) is 6.79. The van der Waals surface area contributed by atoms with Gasteiger partial charge >= 0.3 is 0 Å². The molecular weight excluding hydrogens is 176 g/mol. The van der Waals surface area contributed by atoms with E-state index in [9.17, 15) is 5.11 Å². The van der Waals surface area contributed by atoms with Crippen LogP contribution in [0.25, 0.3) is 0 Å². The highest BCUT2D eigenvalue weighted by Crippen LogP contribution is 2.35. The SMILES string of the molecule is OC1(CCC2CCCOC2)CCCC1. The standard InChI is InChI=1S/C12H22O2/c13-12(6-1-2-7-12)8-5-11-4-3-9-14-10-11/h11,13H,1-10H2. The Morgan fingerprint density at radius 3 is 2.64 bits per heavy atom. The van der Waals surface area contributed by atoms with Crippen LogP contribution in [0.1, 0.15) is 51.4 Å². The van der Waals surface area contributed by atoms with Gasteiger partial charge in [-0.15, -0.1) is 0 Å². The zero-order valence-corrected chi connectivity index (χ0v) is 9.00. The van der Waals surface area contributed by atoms with Crippen molar-refractivity contribution in [1.82, 2.24) is 0 Å². The molecule has 0 aromatic carbocycles. The Kier molecular flexibility index (Phi) is 3.45. The van der Waals surface area contributed by atoms with Gasteiger partial charge in [0.05, 0.1) is 5.60 Å². The largest absolute Gasteiger partial charge is 0.390 e. The Morgan fingerprint density at radius 2 is 2.00 bits per heavy atom. The molecule has 2 rings (SSSR count). The smallest absolute Gasteiger partial charge is 0.0648 e. The summed E-state index contributed by atoms with van der Waals surface area (Å²) in [5, 5.41) is 10.2. The summed E-state index contributed by atoms with van der Waals surface area (Å²) in [5.41, 5.74) is -0.308. The van der Waals surface area contributed by atoms with Crippen molar-refractivity contribution in [1.29, 1.82) is 0 Å². The van der Waals surface area contributed by atoms with Crippen molar-refractivity contribution in [3.8, 4) is 0 Å². The van der Waals surface area contributed by atoms with Crippen molar-refractivity contribution >= 4 is 0 Å². The Labute approximate surface area is 86.6 Å². The zero-order chi connectivity index (χ0) is 9.86. The number of hydrogen-bond donors (Lipinski definition) is 1. The van der Waals surface area contributed by atoms with Gasteiger partial charge in [-0.05, 0) is 44.4 Å². The molecule has 1 saturated carbocycles. The summed E-state index contributed by atoms with van der Waals surface area (Å²) in [4.78, 5) is 0. The maximum Gasteiger partial charge on any atom is 0.0648 e. The number of rotatable bonds is 3. The van der Waals surface area contributed by atoms with Gasteiger partial charge in [-0.25, -0.2) is 0 Å². The lowest BCUT2D eigenvalue weighted by Crippen LogP contribution is -2.26. The van der Waals surface area contributed by atoms with Gasteiger partial charge in [0.1, 0.15) is 0 Å². The van der Waals surface area contributed by atoms with Crippen molar-refractivity contribution in [3.05, 3.63) is 0 Å². The molecule has 1 aliphatic carbocycles. The van der Waals surface area contributed by atoms with E-state index in [1.807, 2.05) is 0 Å². The van der Waals surface area contributed by atoms with Crippen LogP contribution in [-0.2, 0) is 4.74 Å². The van der Waals surface area contributed by atoms with Crippen LogP contribution in [0.2, 0.25) is 0 Å². The van der Waals surface area contributed by atoms with Crippen LogP contribution in [-0.4, -0.2) is 23.9 Å². The minimum absolute atomic E-state index is 0.308. The molecule has 14 heavy (non-hydrogen) atoms. The van der Waals surface area contributed by atoms with E-state index >= 15 is 0 Å². The van der Waals surface area contributed by atoms with E-state index < -0.39 is 0 Å². The lowest BCUT2D eigenvalue weighted by atomic mass is 9.88. The summed E-state index contributed by atoms with van der Waals surface area (Å²) in [6, 6.07) is 0. The van der Waals surface area contributed by atoms with E-state index in [0.29, 0.717) is 5.92 Å². The first kappa shape index (κ1) is 10.4. The van der Waals surface area contributed by atoms with Crippen LogP contribution in [0.3, 0.4) is 0 Å². The van der Waals surface area contributed by atoms with Gasteiger partial charge in [0.25, 0.3) is 0 Å². The summed E-state index contributed by atoms with van der Waals surface area (Å²) in [6.07, 6.45) is 9.17. The fourth-order valence-electron chi connectivity index (χ4n) is 2.79. The average molecular weight is 198 g/mol. The van der Waals surface area contributed by atoms with Crippen LogP contribution in [0, 0.1) is 5.92 Å². The molecule has 1 heterocycles. The lowest BCUT2D eigenvalue weighted by Gasteiger charge is -2.27. The first-order valence-corrected chi connectivity index (χ1v) is 6.09. The van der Waals surface area contributed by atoms with Crippen LogP contribution in [0.15, 0.2) is 0 Å². The predicted octanol–water partition coefficient (Wildman–Crippen LogP) is 2.50. The number of ether oxygens (including phenoxy) is 1. The average Bonchev–Trinajstić information content (AvgIpc) is 2.65. The van der Waals surface area contributed by atoms with Crippen LogP contribution >= 0.6 is 0 Å². The van der Waals surface area contributed by atoms with Gasteiger partial charge in [-0.2, -0.15) is 0 Å². The lowest BCUT2D eigenvalue weighted by molar-refractivity contribution is 0.0109. The Bertz CT molecular complexity index is 167. The summed E-state index contributed by atoms with van der Waals surface area (Å²) in [6.45, 7) is 1.87. The number of aliphatic hydroxyl groups is 1. The number of hydrogen-bond acceptors (Lipinski definition) is 2. The van der Waals surface area contributed by atoms with Crippen molar-refractivity contribution in [3.63, 3.8) is 0 Å². The quantitative estimate of drug-likeness (QED) is 0.755. The highest BCUT2D eigenvalue weighted by atomic mass is 16.5. The predicted molar refractivity (Wildman–Crippen MR) is 56.2 cm³/mol. The molecule has 1 aliphatic heterocycles. The van der Waals surface area contributed by atoms with Crippen molar-refractivity contribution in [2.24, 2.45) is 5.92 Å². The van der Waals surface area contributed by atoms with E-state index in [2.05, 4.69) is 0 Å². The van der Waals surface area contributed by atoms with Crippen molar-refractivity contribution in [2.45, 2.75) is 57.0 Å². The third-order valence-corrected chi connectivity index (χ3v) is 3.81. The van der Waals surface area contributed by atoms with Gasteiger partial charge in [0.15, 0.2) is 0 Å². The molecule has 1 atom stereocenters. The van der Waals surface area contributed by atoms with Gasteiger partial charge in [-0.3, -0.25) is 0 Å². The van der Waals surface area contributed by atoms with E-state index in [0.717, 1.165) is 38.9 Å². The minimum atomic E-state index is -0.308. The van der Waals surface area contributed by atoms with Crippen molar-refractivity contribution in [2.75, 3.05) is 13.2 Å². The maximum atomic E-state index is 10.2. The normalized spacial score (nSPS) is 31.9. The fourth-order valence-corrected chi connectivity index (χ4v) is 2.79. The summed E-state index contributed by atoms with van der Waals surface area (Å²) >= 11 is 0. The van der Waals surface area contributed by atoms with E-state index in [1.54, 1.807) is 0 Å². The molecular formula is C12H22O2. The molecule has 1 N–H and O–H groups in total. The second-order valence-electron chi connectivity index (χ2n) is 5.05. The fraction of sp³-hybridized carbons (Fsp3) is 1.00. The van der Waals surface area contributed by atoms with E-state index in [1.165, 1.54) is 25.7 Å². The molecule has 0 bridgehead atoms. The highest BCUT2D eigenvalue weighted by molar-refractivity contribution is 4.84. The first-order valence-electron chi connectivity index (χ1n) is 6.09. The second-order valence-corrected chi connectivity index (χ2v) is 5.05. The molecule has 0 amide bonds. The van der Waals surface area contributed by atoms with Crippen LogP contribution in [0.5, 0.6) is 0 Å². The zero-order valence-electron chi connectivity index (χ0n) is 9.00. The summed E-state index contributed by atoms with van der Waals surface area (Å²) in [5.74, 6) is 0.716. The third-order valence-electron chi connectivity index (χ3n) is 3.81. The Morgan fingerprint density at radius 1 is 1.21 bits per heavy atom. The monoisotopic (exact) mass is 198 g/mol. The minimum Gasteiger partial charge on any atom is -0.390 e. The molecule has 2 aliphatic rings. The molecule has 1 unspecified atom stereocenters. The molecule has 0 radical (unpaired) electrons. The van der Waals surface area contributed by atoms with Crippen LogP contribution < -0.4 is 0 Å². The summed E-state index contributed by atoms with van der Waals surface area (Å²) < 4.78 is 5.45. The topological polar surface area (TPSA) is 29.5 Å². The molecule has 2 nitrogen and oxygen atoms in total. The molecule has 2 fully saturated rings. The van der Waals surface area contributed by atoms with Crippen molar-refractivity contribution < 1.29 is 9.84 Å². The Balaban J connectivity index is 1.70. The van der Waals surface area contributed by atoms with Gasteiger partial charge < -0.3 is 9.84 Å². The highest BCUT2D eigenvalue weighted by Gasteiger charge is 2.31. The summed E-state index contributed by atoms with van der Waals surface area (Å²) in [7, 11) is 0. The molecule has 1 saturated heterocycles. The van der Waals surface area contributed by atoms with Crippen LogP contribution in [0.4, 0.5) is 0 Å². The van der Waals surface area contributed by atoms with E-state index in [-0.39, 0.29) is 5.60 Å². The second kappa shape index (κ2) is 4.63. The van der Waals surface area contributed by atoms with Gasteiger partial charge in [0.2, 0.25) is 0 Å². The Hall–Kier alpha value is -0.0800. The molecule has 82 valence electrons. The molecule has 0 aromatic heterocycles. The molecule has 0 spiro atoms. The van der Waals surface area contributed by atoms with Gasteiger partial charge in [-0.1, -0.05) is 12.8 Å². The maximum absolute atomic E-state index is 10.2. The molecule has 0 aromatic rings. The third kappa shape index (κ3) is 2.71. The van der Waals surface area contributed by atoms with E-state index in [4.69, 9.17) is 4.74 Å².